The molecule has 1 aliphatic carbocycles. The molecule has 0 unspecified atom stereocenters. The van der Waals surface area contributed by atoms with Crippen molar-refractivity contribution in [2.24, 2.45) is 0 Å². The van der Waals surface area contributed by atoms with Crippen molar-refractivity contribution in [3.8, 4) is 11.5 Å². The SMILES string of the molecule is COc1ccc([C@@]23CC[C@@H](NC(=O)Nc4ccc(F)c(F)c4)C[C@@H]2N(CC(=O)N(C)C)CC3)cc1OC. The van der Waals surface area contributed by atoms with E-state index in [-0.39, 0.29) is 29.1 Å². The van der Waals surface area contributed by atoms with Crippen LogP contribution in [0.3, 0.4) is 0 Å². The van der Waals surface area contributed by atoms with Gasteiger partial charge in [0.15, 0.2) is 23.1 Å². The van der Waals surface area contributed by atoms with Crippen LogP contribution in [0, 0.1) is 11.6 Å². The molecule has 0 aromatic heterocycles. The molecule has 1 saturated heterocycles. The van der Waals surface area contributed by atoms with Crippen molar-refractivity contribution >= 4 is 17.6 Å². The summed E-state index contributed by atoms with van der Waals surface area (Å²) in [6, 6.07) is 8.60. The van der Waals surface area contributed by atoms with Gasteiger partial charge in [0.05, 0.1) is 20.8 Å². The number of rotatable bonds is 7. The molecule has 0 bridgehead atoms. The zero-order valence-electron chi connectivity index (χ0n) is 21.6. The van der Waals surface area contributed by atoms with Gasteiger partial charge in [-0.3, -0.25) is 9.69 Å². The molecule has 37 heavy (non-hydrogen) atoms. The van der Waals surface area contributed by atoms with Crippen LogP contribution in [0.1, 0.15) is 31.2 Å². The summed E-state index contributed by atoms with van der Waals surface area (Å²) < 4.78 is 37.8. The van der Waals surface area contributed by atoms with Gasteiger partial charge < -0.3 is 25.0 Å². The lowest BCUT2D eigenvalue weighted by Gasteiger charge is -2.45. The van der Waals surface area contributed by atoms with E-state index in [2.05, 4.69) is 21.6 Å². The second kappa shape index (κ2) is 10.9. The Morgan fingerprint density at radius 1 is 1.05 bits per heavy atom. The Labute approximate surface area is 215 Å². The van der Waals surface area contributed by atoms with E-state index < -0.39 is 17.7 Å². The third kappa shape index (κ3) is 5.49. The fourth-order valence-corrected chi connectivity index (χ4v) is 5.69. The smallest absolute Gasteiger partial charge is 0.319 e. The standard InChI is InChI=1S/C27H34F2N4O4/c1-32(2)25(34)16-33-12-11-27(17-5-8-22(36-3)23(13-17)37-4)10-9-19(15-24(27)33)31-26(35)30-18-6-7-20(28)21(29)14-18/h5-8,13-14,19,24H,9-12,15-16H2,1-4H3,(H2,30,31,35)/t19-,24+,27+/m1/s1. The number of nitrogens with zero attached hydrogens (tertiary/aromatic N) is 2. The number of carbonyl (C=O) groups excluding carboxylic acids is 2. The number of benzene rings is 2. The quantitative estimate of drug-likeness (QED) is 0.586. The molecule has 0 spiro atoms. The molecule has 3 atom stereocenters. The van der Waals surface area contributed by atoms with Crippen LogP contribution in [0.4, 0.5) is 19.3 Å². The average Bonchev–Trinajstić information content (AvgIpc) is 3.24. The number of hydrogen-bond donors (Lipinski definition) is 2. The van der Waals surface area contributed by atoms with Crippen LogP contribution in [0.25, 0.3) is 0 Å². The maximum Gasteiger partial charge on any atom is 0.319 e. The van der Waals surface area contributed by atoms with Gasteiger partial charge in [-0.25, -0.2) is 13.6 Å². The number of amides is 3. The maximum atomic E-state index is 13.5. The number of methoxy groups -OCH3 is 2. The lowest BCUT2D eigenvalue weighted by Crippen LogP contribution is -2.54. The van der Waals surface area contributed by atoms with Crippen molar-refractivity contribution in [1.29, 1.82) is 0 Å². The molecular weight excluding hydrogens is 482 g/mol. The van der Waals surface area contributed by atoms with E-state index in [1.807, 2.05) is 12.1 Å². The van der Waals surface area contributed by atoms with Gasteiger partial charge in [-0.05, 0) is 62.1 Å². The predicted octanol–water partition coefficient (Wildman–Crippen LogP) is 3.76. The van der Waals surface area contributed by atoms with Crippen LogP contribution < -0.4 is 20.1 Å². The van der Waals surface area contributed by atoms with Gasteiger partial charge in [0.1, 0.15) is 0 Å². The van der Waals surface area contributed by atoms with Crippen molar-refractivity contribution in [3.05, 3.63) is 53.6 Å². The van der Waals surface area contributed by atoms with Crippen LogP contribution in [0.2, 0.25) is 0 Å². The number of nitrogens with one attached hydrogen (secondary N) is 2. The molecule has 4 rings (SSSR count). The van der Waals surface area contributed by atoms with Gasteiger partial charge >= 0.3 is 6.03 Å². The molecule has 2 aliphatic rings. The topological polar surface area (TPSA) is 83.1 Å². The minimum Gasteiger partial charge on any atom is -0.493 e. The number of halogens is 2. The van der Waals surface area contributed by atoms with Crippen molar-refractivity contribution in [2.45, 2.75) is 43.2 Å². The first kappa shape index (κ1) is 26.7. The number of urea groups is 1. The summed E-state index contributed by atoms with van der Waals surface area (Å²) in [6.45, 7) is 1.05. The van der Waals surface area contributed by atoms with E-state index in [1.165, 1.54) is 6.07 Å². The number of carbonyl (C=O) groups is 2. The summed E-state index contributed by atoms with van der Waals surface area (Å²) in [5.41, 5.74) is 1.09. The molecule has 1 heterocycles. The number of anilines is 1. The van der Waals surface area contributed by atoms with Gasteiger partial charge in [-0.2, -0.15) is 0 Å². The highest BCUT2D eigenvalue weighted by Gasteiger charge is 2.52. The van der Waals surface area contributed by atoms with Crippen LogP contribution in [0.15, 0.2) is 36.4 Å². The number of ether oxygens (including phenoxy) is 2. The molecule has 10 heteroatoms. The van der Waals surface area contributed by atoms with E-state index in [4.69, 9.17) is 9.47 Å². The first-order valence-corrected chi connectivity index (χ1v) is 12.4. The Kier molecular flexibility index (Phi) is 7.87. The average molecular weight is 517 g/mol. The Hall–Kier alpha value is -3.40. The molecule has 2 N–H and O–H groups in total. The number of likely N-dealkylation sites (tertiary alicyclic amines) is 1. The van der Waals surface area contributed by atoms with Crippen molar-refractivity contribution in [2.75, 3.05) is 46.7 Å². The van der Waals surface area contributed by atoms with Crippen LogP contribution >= 0.6 is 0 Å². The van der Waals surface area contributed by atoms with Gasteiger partial charge in [0.25, 0.3) is 0 Å². The summed E-state index contributed by atoms with van der Waals surface area (Å²) in [4.78, 5) is 29.1. The van der Waals surface area contributed by atoms with E-state index >= 15 is 0 Å². The van der Waals surface area contributed by atoms with Gasteiger partial charge in [-0.1, -0.05) is 6.07 Å². The second-order valence-corrected chi connectivity index (χ2v) is 9.95. The van der Waals surface area contributed by atoms with E-state index in [1.54, 1.807) is 33.2 Å². The molecule has 200 valence electrons. The molecule has 0 radical (unpaired) electrons. The number of likely N-dealkylation sites (N-methyl/N-ethyl adjacent to an activating group) is 1. The Balaban J connectivity index is 1.55. The molecule has 3 amide bonds. The van der Waals surface area contributed by atoms with E-state index in [0.717, 1.165) is 43.5 Å². The van der Waals surface area contributed by atoms with Gasteiger partial charge in [-0.15, -0.1) is 0 Å². The molecule has 2 aromatic carbocycles. The van der Waals surface area contributed by atoms with Crippen LogP contribution in [0.5, 0.6) is 11.5 Å². The molecule has 1 aliphatic heterocycles. The Morgan fingerprint density at radius 3 is 2.49 bits per heavy atom. The fourth-order valence-electron chi connectivity index (χ4n) is 5.69. The molecular formula is C27H34F2N4O4. The summed E-state index contributed by atoms with van der Waals surface area (Å²) in [5.74, 6) is -0.668. The van der Waals surface area contributed by atoms with Crippen molar-refractivity contribution in [3.63, 3.8) is 0 Å². The zero-order valence-corrected chi connectivity index (χ0v) is 21.6. The summed E-state index contributed by atoms with van der Waals surface area (Å²) in [7, 11) is 6.70. The lowest BCUT2D eigenvalue weighted by molar-refractivity contribution is -0.130. The maximum absolute atomic E-state index is 13.5. The summed E-state index contributed by atoms with van der Waals surface area (Å²) >= 11 is 0. The third-order valence-corrected chi connectivity index (χ3v) is 7.68. The van der Waals surface area contributed by atoms with Crippen LogP contribution in [-0.4, -0.2) is 75.2 Å². The second-order valence-electron chi connectivity index (χ2n) is 9.95. The highest BCUT2D eigenvalue weighted by Crippen LogP contribution is 2.50. The first-order valence-electron chi connectivity index (χ1n) is 12.4. The van der Waals surface area contributed by atoms with Crippen molar-refractivity contribution in [1.82, 2.24) is 15.1 Å². The molecule has 2 fully saturated rings. The minimum absolute atomic E-state index is 0.0109. The fraction of sp³-hybridized carbons (Fsp3) is 0.481. The number of hydrogen-bond acceptors (Lipinski definition) is 5. The molecule has 2 aromatic rings. The predicted molar refractivity (Wildman–Crippen MR) is 136 cm³/mol. The first-order chi connectivity index (χ1) is 17.7. The third-order valence-electron chi connectivity index (χ3n) is 7.68. The number of fused-ring (bicyclic) bond motifs is 1. The zero-order chi connectivity index (χ0) is 26.7. The molecule has 8 nitrogen and oxygen atoms in total. The monoisotopic (exact) mass is 516 g/mol. The summed E-state index contributed by atoms with van der Waals surface area (Å²) in [6.07, 6.45) is 3.04. The van der Waals surface area contributed by atoms with Gasteiger partial charge in [0.2, 0.25) is 5.91 Å². The van der Waals surface area contributed by atoms with Crippen LogP contribution in [-0.2, 0) is 10.2 Å². The minimum atomic E-state index is -1.03. The van der Waals surface area contributed by atoms with Crippen molar-refractivity contribution < 1.29 is 27.8 Å². The Morgan fingerprint density at radius 2 is 1.81 bits per heavy atom. The highest BCUT2D eigenvalue weighted by molar-refractivity contribution is 5.89. The van der Waals surface area contributed by atoms with Gasteiger partial charge in [0, 0.05) is 43.3 Å². The van der Waals surface area contributed by atoms with E-state index in [9.17, 15) is 18.4 Å². The largest absolute Gasteiger partial charge is 0.493 e. The highest BCUT2D eigenvalue weighted by atomic mass is 19.2. The molecule has 1 saturated carbocycles. The lowest BCUT2D eigenvalue weighted by atomic mass is 9.65. The summed E-state index contributed by atoms with van der Waals surface area (Å²) in [5, 5.41) is 5.57. The van der Waals surface area contributed by atoms with E-state index in [0.29, 0.717) is 24.5 Å². The Bertz CT molecular complexity index is 1160. The normalized spacial score (nSPS) is 23.2.